The molecule has 1 aromatic carbocycles. The number of nitrogens with one attached hydrogen (secondary N) is 1. The van der Waals surface area contributed by atoms with E-state index >= 15 is 0 Å². The van der Waals surface area contributed by atoms with E-state index in [4.69, 9.17) is 4.74 Å². The molecule has 1 saturated carbocycles. The number of non-ortho nitro benzene ring substituents is 1. The van der Waals surface area contributed by atoms with E-state index in [0.29, 0.717) is 4.47 Å². The van der Waals surface area contributed by atoms with Crippen LogP contribution in [0.15, 0.2) is 22.7 Å². The van der Waals surface area contributed by atoms with Crippen LogP contribution in [-0.4, -0.2) is 30.1 Å². The van der Waals surface area contributed by atoms with Crippen molar-refractivity contribution in [1.29, 1.82) is 0 Å². The van der Waals surface area contributed by atoms with Crippen LogP contribution in [0.1, 0.15) is 23.2 Å². The first kappa shape index (κ1) is 14.0. The van der Waals surface area contributed by atoms with Gasteiger partial charge in [-0.2, -0.15) is 0 Å². The maximum atomic E-state index is 12.0. The van der Waals surface area contributed by atoms with Gasteiger partial charge < -0.3 is 10.1 Å². The topological polar surface area (TPSA) is 81.5 Å². The van der Waals surface area contributed by atoms with Gasteiger partial charge in [-0.25, -0.2) is 0 Å². The summed E-state index contributed by atoms with van der Waals surface area (Å²) >= 11 is 3.23. The van der Waals surface area contributed by atoms with Crippen LogP contribution in [0.4, 0.5) is 5.69 Å². The van der Waals surface area contributed by atoms with Crippen LogP contribution in [-0.2, 0) is 4.74 Å². The molecule has 1 N–H and O–H groups in total. The fraction of sp³-hybridized carbons (Fsp3) is 0.417. The van der Waals surface area contributed by atoms with Gasteiger partial charge in [0.1, 0.15) is 0 Å². The van der Waals surface area contributed by atoms with E-state index in [9.17, 15) is 14.9 Å². The summed E-state index contributed by atoms with van der Waals surface area (Å²) in [6, 6.07) is 4.20. The van der Waals surface area contributed by atoms with E-state index in [2.05, 4.69) is 21.2 Å². The molecule has 1 aliphatic carbocycles. The zero-order valence-corrected chi connectivity index (χ0v) is 11.8. The highest BCUT2D eigenvalue weighted by Crippen LogP contribution is 2.25. The SMILES string of the molecule is COC1CC(NC(=O)c2cc([N+](=O)[O-])ccc2Br)C1. The van der Waals surface area contributed by atoms with Gasteiger partial charge in [0.05, 0.1) is 16.6 Å². The predicted octanol–water partition coefficient (Wildman–Crippen LogP) is 2.26. The van der Waals surface area contributed by atoms with E-state index in [1.54, 1.807) is 7.11 Å². The highest BCUT2D eigenvalue weighted by Gasteiger charge is 2.30. The quantitative estimate of drug-likeness (QED) is 0.679. The van der Waals surface area contributed by atoms with Crippen molar-refractivity contribution in [1.82, 2.24) is 5.32 Å². The number of rotatable bonds is 4. The van der Waals surface area contributed by atoms with Crippen LogP contribution in [0.5, 0.6) is 0 Å². The second-order valence-corrected chi connectivity index (χ2v) is 5.28. The molecule has 0 atom stereocenters. The third-order valence-electron chi connectivity index (χ3n) is 3.17. The Hall–Kier alpha value is -1.47. The number of carbonyl (C=O) groups is 1. The zero-order chi connectivity index (χ0) is 14.0. The van der Waals surface area contributed by atoms with Crippen molar-refractivity contribution in [2.24, 2.45) is 0 Å². The second kappa shape index (κ2) is 5.66. The summed E-state index contributed by atoms with van der Waals surface area (Å²) in [5.41, 5.74) is 0.173. The fourth-order valence-corrected chi connectivity index (χ4v) is 2.37. The van der Waals surface area contributed by atoms with Crippen LogP contribution in [0, 0.1) is 10.1 Å². The number of hydrogen-bond donors (Lipinski definition) is 1. The number of amides is 1. The van der Waals surface area contributed by atoms with Gasteiger partial charge in [-0.05, 0) is 34.8 Å². The molecule has 0 aromatic heterocycles. The Labute approximate surface area is 118 Å². The summed E-state index contributed by atoms with van der Waals surface area (Å²) in [6.07, 6.45) is 1.74. The molecule has 19 heavy (non-hydrogen) atoms. The summed E-state index contributed by atoms with van der Waals surface area (Å²) in [5, 5.41) is 13.5. The van der Waals surface area contributed by atoms with Crippen LogP contribution in [0.3, 0.4) is 0 Å². The Morgan fingerprint density at radius 1 is 1.53 bits per heavy atom. The number of benzene rings is 1. The monoisotopic (exact) mass is 328 g/mol. The molecular formula is C12H13BrN2O4. The Balaban J connectivity index is 2.06. The second-order valence-electron chi connectivity index (χ2n) is 4.42. The lowest BCUT2D eigenvalue weighted by Crippen LogP contribution is -2.47. The van der Waals surface area contributed by atoms with Crippen molar-refractivity contribution in [2.75, 3.05) is 7.11 Å². The molecule has 1 fully saturated rings. The Kier molecular flexibility index (Phi) is 4.16. The maximum Gasteiger partial charge on any atom is 0.270 e. The summed E-state index contributed by atoms with van der Waals surface area (Å²) in [4.78, 5) is 22.2. The summed E-state index contributed by atoms with van der Waals surface area (Å²) < 4.78 is 5.67. The molecule has 1 amide bonds. The molecule has 0 unspecified atom stereocenters. The van der Waals surface area contributed by atoms with Crippen molar-refractivity contribution >= 4 is 27.5 Å². The third-order valence-corrected chi connectivity index (χ3v) is 3.86. The molecule has 1 aromatic rings. The van der Waals surface area contributed by atoms with Crippen molar-refractivity contribution in [2.45, 2.75) is 25.0 Å². The number of nitro benzene ring substituents is 1. The lowest BCUT2D eigenvalue weighted by atomic mass is 9.89. The molecule has 0 bridgehead atoms. The van der Waals surface area contributed by atoms with Crippen molar-refractivity contribution < 1.29 is 14.5 Å². The number of methoxy groups -OCH3 is 1. The van der Waals surface area contributed by atoms with E-state index < -0.39 is 4.92 Å². The van der Waals surface area contributed by atoms with Gasteiger partial charge in [-0.15, -0.1) is 0 Å². The molecule has 6 nitrogen and oxygen atoms in total. The number of ether oxygens (including phenoxy) is 1. The highest BCUT2D eigenvalue weighted by molar-refractivity contribution is 9.10. The largest absolute Gasteiger partial charge is 0.381 e. The van der Waals surface area contributed by atoms with Crippen molar-refractivity contribution in [3.63, 3.8) is 0 Å². The minimum atomic E-state index is -0.520. The molecular weight excluding hydrogens is 316 g/mol. The molecule has 2 rings (SSSR count). The molecule has 7 heteroatoms. The van der Waals surface area contributed by atoms with Crippen LogP contribution in [0.25, 0.3) is 0 Å². The van der Waals surface area contributed by atoms with Gasteiger partial charge in [-0.3, -0.25) is 14.9 Å². The number of carbonyl (C=O) groups excluding carboxylic acids is 1. The molecule has 1 aliphatic rings. The first-order valence-corrected chi connectivity index (χ1v) is 6.58. The van der Waals surface area contributed by atoms with Crippen LogP contribution in [0.2, 0.25) is 0 Å². The molecule has 0 spiro atoms. The van der Waals surface area contributed by atoms with Gasteiger partial charge in [0.25, 0.3) is 11.6 Å². The van der Waals surface area contributed by atoms with Gasteiger partial charge in [0.2, 0.25) is 0 Å². The van der Waals surface area contributed by atoms with E-state index in [1.165, 1.54) is 18.2 Å². The normalized spacial score (nSPS) is 21.6. The minimum absolute atomic E-state index is 0.0728. The molecule has 0 aliphatic heterocycles. The average molecular weight is 329 g/mol. The molecule has 102 valence electrons. The van der Waals surface area contributed by atoms with Gasteiger partial charge in [0, 0.05) is 29.8 Å². The predicted molar refractivity (Wildman–Crippen MR) is 72.1 cm³/mol. The maximum absolute atomic E-state index is 12.0. The third kappa shape index (κ3) is 3.10. The van der Waals surface area contributed by atoms with E-state index in [0.717, 1.165) is 12.8 Å². The number of nitro groups is 1. The van der Waals surface area contributed by atoms with E-state index in [-0.39, 0.29) is 29.3 Å². The van der Waals surface area contributed by atoms with Gasteiger partial charge in [0.15, 0.2) is 0 Å². The fourth-order valence-electron chi connectivity index (χ4n) is 1.94. The molecule has 0 saturated heterocycles. The Morgan fingerprint density at radius 2 is 2.21 bits per heavy atom. The average Bonchev–Trinajstić information content (AvgIpc) is 2.33. The zero-order valence-electron chi connectivity index (χ0n) is 10.3. The number of nitrogens with zero attached hydrogens (tertiary/aromatic N) is 1. The first-order chi connectivity index (χ1) is 9.01. The lowest BCUT2D eigenvalue weighted by molar-refractivity contribution is -0.384. The first-order valence-electron chi connectivity index (χ1n) is 5.79. The van der Waals surface area contributed by atoms with Crippen molar-refractivity contribution in [3.05, 3.63) is 38.3 Å². The molecule has 0 heterocycles. The summed E-state index contributed by atoms with van der Waals surface area (Å²) in [6.45, 7) is 0. The Bertz CT molecular complexity index is 514. The summed E-state index contributed by atoms with van der Waals surface area (Å²) in [7, 11) is 1.64. The lowest BCUT2D eigenvalue weighted by Gasteiger charge is -2.34. The van der Waals surface area contributed by atoms with Gasteiger partial charge >= 0.3 is 0 Å². The minimum Gasteiger partial charge on any atom is -0.381 e. The summed E-state index contributed by atoms with van der Waals surface area (Å²) in [5.74, 6) is -0.310. The van der Waals surface area contributed by atoms with Crippen molar-refractivity contribution in [3.8, 4) is 0 Å². The van der Waals surface area contributed by atoms with Crippen LogP contribution >= 0.6 is 15.9 Å². The smallest absolute Gasteiger partial charge is 0.270 e. The van der Waals surface area contributed by atoms with Gasteiger partial charge in [-0.1, -0.05) is 0 Å². The van der Waals surface area contributed by atoms with Crippen LogP contribution < -0.4 is 5.32 Å². The number of halogens is 1. The highest BCUT2D eigenvalue weighted by atomic mass is 79.9. The van der Waals surface area contributed by atoms with E-state index in [1.807, 2.05) is 0 Å². The standard InChI is InChI=1S/C12H13BrN2O4/c1-19-9-4-7(5-9)14-12(16)10-6-8(15(17)18)2-3-11(10)13/h2-3,6-7,9H,4-5H2,1H3,(H,14,16). The number of hydrogen-bond acceptors (Lipinski definition) is 4. The molecule has 0 radical (unpaired) electrons. The Morgan fingerprint density at radius 3 is 2.79 bits per heavy atom.